The van der Waals surface area contributed by atoms with Crippen LogP contribution < -0.4 is 5.32 Å². The predicted octanol–water partition coefficient (Wildman–Crippen LogP) is 4.81. The van der Waals surface area contributed by atoms with Crippen LogP contribution >= 0.6 is 11.8 Å². The number of rotatable bonds is 5. The van der Waals surface area contributed by atoms with Crippen molar-refractivity contribution in [2.75, 3.05) is 18.4 Å². The first kappa shape index (κ1) is 19.1. The quantitative estimate of drug-likeness (QED) is 0.785. The Morgan fingerprint density at radius 2 is 1.79 bits per heavy atom. The van der Waals surface area contributed by atoms with Gasteiger partial charge < -0.3 is 14.6 Å². The van der Waals surface area contributed by atoms with Crippen molar-refractivity contribution in [3.05, 3.63) is 48.4 Å². The molecule has 1 aliphatic carbocycles. The molecule has 2 amide bonds. The summed E-state index contributed by atoms with van der Waals surface area (Å²) < 4.78 is 5.00. The van der Waals surface area contributed by atoms with Crippen molar-refractivity contribution in [1.82, 2.24) is 4.90 Å². The molecule has 6 heteroatoms. The normalized spacial score (nSPS) is 18.4. The van der Waals surface area contributed by atoms with Crippen LogP contribution in [0.2, 0.25) is 0 Å². The molecule has 4 rings (SSSR count). The fourth-order valence-electron chi connectivity index (χ4n) is 4.01. The molecule has 1 aromatic heterocycles. The molecule has 1 aromatic carbocycles. The molecular formula is C22H26N2O3S. The van der Waals surface area contributed by atoms with Gasteiger partial charge in [0.15, 0.2) is 0 Å². The van der Waals surface area contributed by atoms with E-state index in [-0.39, 0.29) is 17.7 Å². The van der Waals surface area contributed by atoms with Gasteiger partial charge >= 0.3 is 0 Å². The van der Waals surface area contributed by atoms with E-state index in [1.54, 1.807) is 11.0 Å². The molecule has 2 aliphatic rings. The zero-order chi connectivity index (χ0) is 19.3. The maximum absolute atomic E-state index is 12.8. The first-order valence-corrected chi connectivity index (χ1v) is 11.0. The molecule has 28 heavy (non-hydrogen) atoms. The lowest BCUT2D eigenvalue weighted by molar-refractivity contribution is -0.121. The van der Waals surface area contributed by atoms with E-state index >= 15 is 0 Å². The van der Waals surface area contributed by atoms with Gasteiger partial charge in [0.25, 0.3) is 5.91 Å². The second kappa shape index (κ2) is 8.86. The molecule has 1 saturated carbocycles. The molecule has 0 radical (unpaired) electrons. The molecular weight excluding hydrogens is 372 g/mol. The number of carbonyl (C=O) groups excluding carboxylic acids is 2. The summed E-state index contributed by atoms with van der Waals surface area (Å²) in [6, 6.07) is 9.78. The number of hydrogen-bond acceptors (Lipinski definition) is 4. The maximum Gasteiger partial charge on any atom is 0.257 e. The van der Waals surface area contributed by atoms with Gasteiger partial charge in [-0.05, 0) is 43.9 Å². The number of carbonyl (C=O) groups is 2. The Bertz CT molecular complexity index is 807. The number of benzene rings is 1. The first-order valence-electron chi connectivity index (χ1n) is 10.1. The van der Waals surface area contributed by atoms with E-state index in [1.165, 1.54) is 38.2 Å². The van der Waals surface area contributed by atoms with Crippen molar-refractivity contribution in [3.8, 4) is 0 Å². The van der Waals surface area contributed by atoms with Crippen LogP contribution in [-0.2, 0) is 4.79 Å². The smallest absolute Gasteiger partial charge is 0.257 e. The van der Waals surface area contributed by atoms with Crippen molar-refractivity contribution < 1.29 is 14.0 Å². The Balaban J connectivity index is 1.33. The fraction of sp³-hybridized carbons (Fsp3) is 0.455. The summed E-state index contributed by atoms with van der Waals surface area (Å²) in [5.41, 5.74) is 1.49. The highest BCUT2D eigenvalue weighted by Crippen LogP contribution is 2.38. The number of amides is 2. The Kier molecular flexibility index (Phi) is 6.05. The molecule has 1 N–H and O–H groups in total. The summed E-state index contributed by atoms with van der Waals surface area (Å²) in [5, 5.41) is 3.81. The largest absolute Gasteiger partial charge is 0.472 e. The van der Waals surface area contributed by atoms with E-state index in [9.17, 15) is 9.59 Å². The SMILES string of the molecule is O=C(Nc1ccccc1SC1CCCC1)C1CCN(C(=O)c2ccoc2)CC1. The third-order valence-electron chi connectivity index (χ3n) is 5.66. The Morgan fingerprint density at radius 3 is 2.50 bits per heavy atom. The summed E-state index contributed by atoms with van der Waals surface area (Å²) in [6.07, 6.45) is 9.49. The summed E-state index contributed by atoms with van der Waals surface area (Å²) >= 11 is 1.89. The number of piperidine rings is 1. The Hall–Kier alpha value is -2.21. The van der Waals surface area contributed by atoms with Gasteiger partial charge in [0.05, 0.1) is 17.5 Å². The number of furan rings is 1. The standard InChI is InChI=1S/C22H26N2O3S/c25-21(16-9-12-24(13-10-16)22(26)17-11-14-27-15-17)23-19-7-3-4-8-20(19)28-18-5-1-2-6-18/h3-4,7-8,11,14-16,18H,1-2,5-6,9-10,12-13H2,(H,23,25). The molecule has 2 aromatic rings. The highest BCUT2D eigenvalue weighted by atomic mass is 32.2. The zero-order valence-electron chi connectivity index (χ0n) is 15.9. The van der Waals surface area contributed by atoms with Crippen LogP contribution in [0.25, 0.3) is 0 Å². The molecule has 5 nitrogen and oxygen atoms in total. The topological polar surface area (TPSA) is 62.6 Å². The van der Waals surface area contributed by atoms with Crippen LogP contribution in [0, 0.1) is 5.92 Å². The average Bonchev–Trinajstić information content (AvgIpc) is 3.43. The zero-order valence-corrected chi connectivity index (χ0v) is 16.7. The van der Waals surface area contributed by atoms with Gasteiger partial charge in [-0.3, -0.25) is 9.59 Å². The number of nitrogens with zero attached hydrogens (tertiary/aromatic N) is 1. The minimum Gasteiger partial charge on any atom is -0.472 e. The van der Waals surface area contributed by atoms with E-state index in [4.69, 9.17) is 4.42 Å². The second-order valence-electron chi connectivity index (χ2n) is 7.59. The molecule has 2 heterocycles. The van der Waals surface area contributed by atoms with Crippen LogP contribution in [0.5, 0.6) is 0 Å². The molecule has 0 bridgehead atoms. The fourth-order valence-corrected chi connectivity index (χ4v) is 5.34. The third-order valence-corrected chi connectivity index (χ3v) is 7.08. The number of hydrogen-bond donors (Lipinski definition) is 1. The third kappa shape index (κ3) is 4.43. The van der Waals surface area contributed by atoms with Gasteiger partial charge in [-0.2, -0.15) is 0 Å². The minimum absolute atomic E-state index is 0.0223. The Labute approximate surface area is 169 Å². The summed E-state index contributed by atoms with van der Waals surface area (Å²) in [5.74, 6) is -0.0151. The summed E-state index contributed by atoms with van der Waals surface area (Å²) in [4.78, 5) is 28.2. The van der Waals surface area contributed by atoms with Gasteiger partial charge in [0.1, 0.15) is 6.26 Å². The lowest BCUT2D eigenvalue weighted by Crippen LogP contribution is -2.41. The maximum atomic E-state index is 12.8. The van der Waals surface area contributed by atoms with Crippen molar-refractivity contribution >= 4 is 29.3 Å². The van der Waals surface area contributed by atoms with Crippen LogP contribution in [0.4, 0.5) is 5.69 Å². The van der Waals surface area contributed by atoms with Crippen LogP contribution in [-0.4, -0.2) is 35.1 Å². The molecule has 1 aliphatic heterocycles. The first-order chi connectivity index (χ1) is 13.7. The lowest BCUT2D eigenvalue weighted by atomic mass is 9.95. The van der Waals surface area contributed by atoms with Crippen LogP contribution in [0.3, 0.4) is 0 Å². The second-order valence-corrected chi connectivity index (χ2v) is 8.93. The van der Waals surface area contributed by atoms with Gasteiger partial charge in [-0.15, -0.1) is 11.8 Å². The van der Waals surface area contributed by atoms with E-state index in [2.05, 4.69) is 11.4 Å². The molecule has 1 saturated heterocycles. The lowest BCUT2D eigenvalue weighted by Gasteiger charge is -2.31. The molecule has 0 unspecified atom stereocenters. The highest BCUT2D eigenvalue weighted by molar-refractivity contribution is 8.00. The number of nitrogens with one attached hydrogen (secondary N) is 1. The van der Waals surface area contributed by atoms with Crippen LogP contribution in [0.1, 0.15) is 48.9 Å². The summed E-state index contributed by atoms with van der Waals surface area (Å²) in [7, 11) is 0. The molecule has 148 valence electrons. The summed E-state index contributed by atoms with van der Waals surface area (Å²) in [6.45, 7) is 1.20. The molecule has 0 spiro atoms. The Morgan fingerprint density at radius 1 is 1.04 bits per heavy atom. The highest BCUT2D eigenvalue weighted by Gasteiger charge is 2.28. The van der Waals surface area contributed by atoms with Crippen molar-refractivity contribution in [1.29, 1.82) is 0 Å². The number of thioether (sulfide) groups is 1. The van der Waals surface area contributed by atoms with Crippen molar-refractivity contribution in [2.45, 2.75) is 48.7 Å². The van der Waals surface area contributed by atoms with E-state index in [1.807, 2.05) is 30.0 Å². The van der Waals surface area contributed by atoms with E-state index in [0.29, 0.717) is 36.7 Å². The average molecular weight is 399 g/mol. The van der Waals surface area contributed by atoms with Gasteiger partial charge in [-0.1, -0.05) is 25.0 Å². The van der Waals surface area contributed by atoms with Gasteiger partial charge in [0, 0.05) is 29.2 Å². The number of likely N-dealkylation sites (tertiary alicyclic amines) is 1. The number of anilines is 1. The molecule has 2 fully saturated rings. The molecule has 0 atom stereocenters. The van der Waals surface area contributed by atoms with Crippen LogP contribution in [0.15, 0.2) is 52.2 Å². The van der Waals surface area contributed by atoms with Gasteiger partial charge in [-0.25, -0.2) is 0 Å². The van der Waals surface area contributed by atoms with E-state index < -0.39 is 0 Å². The monoisotopic (exact) mass is 398 g/mol. The van der Waals surface area contributed by atoms with E-state index in [0.717, 1.165) is 10.6 Å². The van der Waals surface area contributed by atoms with Gasteiger partial charge in [0.2, 0.25) is 5.91 Å². The minimum atomic E-state index is -0.0575. The van der Waals surface area contributed by atoms with Crippen molar-refractivity contribution in [3.63, 3.8) is 0 Å². The predicted molar refractivity (Wildman–Crippen MR) is 111 cm³/mol. The number of para-hydroxylation sites is 1. The van der Waals surface area contributed by atoms with Crippen molar-refractivity contribution in [2.24, 2.45) is 5.92 Å².